The molecule has 1 unspecified atom stereocenters. The molecule has 0 aliphatic heterocycles. The number of hydrogen-bond donors (Lipinski definition) is 0. The molecule has 0 nitrogen and oxygen atoms in total. The van der Waals surface area contributed by atoms with Crippen LogP contribution in [-0.2, 0) is 0 Å². The molecule has 0 fully saturated rings. The summed E-state index contributed by atoms with van der Waals surface area (Å²) in [4.78, 5) is 0.556. The molecule has 1 atom stereocenters. The van der Waals surface area contributed by atoms with Gasteiger partial charge in [-0.3, -0.25) is 0 Å². The van der Waals surface area contributed by atoms with E-state index in [2.05, 4.69) is 52.6 Å². The van der Waals surface area contributed by atoms with Gasteiger partial charge in [-0.15, -0.1) is 0 Å². The van der Waals surface area contributed by atoms with E-state index in [9.17, 15) is 0 Å². The Morgan fingerprint density at radius 2 is 1.67 bits per heavy atom. The molecule has 9 heavy (non-hydrogen) atoms. The predicted molar refractivity (Wildman–Crippen MR) is 50.6 cm³/mol. The zero-order valence-corrected chi connectivity index (χ0v) is 9.42. The van der Waals surface area contributed by atoms with E-state index in [1.54, 1.807) is 0 Å². The van der Waals surface area contributed by atoms with E-state index in [0.29, 0.717) is 9.15 Å². The Hall–Kier alpha value is 0.960. The summed E-state index contributed by atoms with van der Waals surface area (Å²) in [6.45, 7) is 6.59. The van der Waals surface area contributed by atoms with Gasteiger partial charge in [-0.2, -0.15) is 0 Å². The summed E-state index contributed by atoms with van der Waals surface area (Å²) in [7, 11) is 0. The number of rotatable bonds is 3. The maximum absolute atomic E-state index is 3.70. The zero-order valence-electron chi connectivity index (χ0n) is 6.25. The molecule has 0 aromatic carbocycles. The molecule has 0 aliphatic carbocycles. The average molecular weight is 258 g/mol. The van der Waals surface area contributed by atoms with Crippen molar-refractivity contribution < 1.29 is 0 Å². The summed E-state index contributed by atoms with van der Waals surface area (Å²) >= 11 is 7.27. The van der Waals surface area contributed by atoms with Crippen molar-refractivity contribution in [2.45, 2.75) is 42.8 Å². The van der Waals surface area contributed by atoms with Gasteiger partial charge in [0.1, 0.15) is 0 Å². The second-order valence-corrected chi connectivity index (χ2v) is 5.31. The van der Waals surface area contributed by atoms with Gasteiger partial charge in [-0.05, 0) is 12.8 Å². The molecule has 0 saturated heterocycles. The second-order valence-electron chi connectivity index (χ2n) is 2.36. The van der Waals surface area contributed by atoms with E-state index in [4.69, 9.17) is 0 Å². The molecule has 0 rings (SSSR count). The first kappa shape index (κ1) is 9.96. The van der Waals surface area contributed by atoms with Crippen molar-refractivity contribution in [3.8, 4) is 0 Å². The van der Waals surface area contributed by atoms with Crippen LogP contribution in [0.25, 0.3) is 0 Å². The fourth-order valence-electron chi connectivity index (χ4n) is 0.813. The molecule has 0 N–H and O–H groups in total. The van der Waals surface area contributed by atoms with Gasteiger partial charge in [0.15, 0.2) is 0 Å². The highest BCUT2D eigenvalue weighted by Gasteiger charge is 2.26. The fourth-order valence-corrected chi connectivity index (χ4v) is 1.46. The van der Waals surface area contributed by atoms with Gasteiger partial charge in [0.2, 0.25) is 0 Å². The van der Waals surface area contributed by atoms with E-state index in [1.807, 2.05) is 0 Å². The van der Waals surface area contributed by atoms with Gasteiger partial charge in [0, 0.05) is 9.15 Å². The van der Waals surface area contributed by atoms with Crippen molar-refractivity contribution in [1.82, 2.24) is 0 Å². The van der Waals surface area contributed by atoms with E-state index in [-0.39, 0.29) is 0 Å². The Balaban J connectivity index is 3.92. The molecule has 0 radical (unpaired) electrons. The van der Waals surface area contributed by atoms with Crippen molar-refractivity contribution in [1.29, 1.82) is 0 Å². The lowest BCUT2D eigenvalue weighted by Crippen LogP contribution is -2.27. The maximum Gasteiger partial charge on any atom is 0.0374 e. The lowest BCUT2D eigenvalue weighted by molar-refractivity contribution is 0.561. The highest BCUT2D eigenvalue weighted by molar-refractivity contribution is 9.12. The van der Waals surface area contributed by atoms with Gasteiger partial charge >= 0.3 is 0 Å². The molecule has 0 amide bonds. The first-order valence-corrected chi connectivity index (χ1v) is 5.10. The van der Waals surface area contributed by atoms with Crippen LogP contribution in [0, 0.1) is 0 Å². The Bertz CT molecular complexity index is 75.0. The highest BCUT2D eigenvalue weighted by Crippen LogP contribution is 2.34. The largest absolute Gasteiger partial charge is 0.0878 e. The molecule has 56 valence electrons. The maximum atomic E-state index is 3.70. The molecule has 2 heteroatoms. The zero-order chi connectivity index (χ0) is 7.49. The Labute approximate surface area is 74.7 Å². The summed E-state index contributed by atoms with van der Waals surface area (Å²) in [6, 6.07) is 0. The van der Waals surface area contributed by atoms with Crippen LogP contribution < -0.4 is 0 Å². The quantitative estimate of drug-likeness (QED) is 0.676. The molecule has 0 bridgehead atoms. The van der Waals surface area contributed by atoms with Gasteiger partial charge in [0.05, 0.1) is 0 Å². The number of alkyl halides is 2. The molecular weight excluding hydrogens is 244 g/mol. The van der Waals surface area contributed by atoms with E-state index >= 15 is 0 Å². The van der Waals surface area contributed by atoms with E-state index in [1.165, 1.54) is 12.8 Å². The summed E-state index contributed by atoms with van der Waals surface area (Å²) < 4.78 is 0.312. The third kappa shape index (κ3) is 2.58. The summed E-state index contributed by atoms with van der Waals surface area (Å²) in [5.41, 5.74) is 0. The molecule has 0 heterocycles. The number of hydrogen-bond acceptors (Lipinski definition) is 0. The van der Waals surface area contributed by atoms with Crippen molar-refractivity contribution in [3.63, 3.8) is 0 Å². The smallest absolute Gasteiger partial charge is 0.0374 e. The minimum absolute atomic E-state index is 0.312. The predicted octanol–water partition coefficient (Wildman–Crippen LogP) is 3.72. The van der Waals surface area contributed by atoms with E-state index < -0.39 is 0 Å². The van der Waals surface area contributed by atoms with Gasteiger partial charge in [-0.1, -0.05) is 52.6 Å². The van der Waals surface area contributed by atoms with Crippen LogP contribution in [0.5, 0.6) is 0 Å². The third-order valence-corrected chi connectivity index (χ3v) is 5.19. The molecule has 0 spiro atoms. The lowest BCUT2D eigenvalue weighted by Gasteiger charge is -2.27. The normalized spacial score (nSPS) is 15.7. The van der Waals surface area contributed by atoms with Crippen LogP contribution in [0.15, 0.2) is 0 Å². The minimum atomic E-state index is 0.312. The molecule has 0 aliphatic rings. The Morgan fingerprint density at radius 3 is 1.67 bits per heavy atom. The monoisotopic (exact) mass is 256 g/mol. The van der Waals surface area contributed by atoms with Crippen molar-refractivity contribution in [2.75, 3.05) is 0 Å². The van der Waals surface area contributed by atoms with Crippen LogP contribution in [0.1, 0.15) is 33.6 Å². The van der Waals surface area contributed by atoms with Crippen molar-refractivity contribution >= 4 is 31.9 Å². The van der Waals surface area contributed by atoms with Crippen LogP contribution >= 0.6 is 31.9 Å². The molecule has 0 saturated carbocycles. The third-order valence-electron chi connectivity index (χ3n) is 1.89. The molecular formula is C7H14Br2. The van der Waals surface area contributed by atoms with Gasteiger partial charge in [0.25, 0.3) is 0 Å². The van der Waals surface area contributed by atoms with Crippen LogP contribution in [-0.4, -0.2) is 9.15 Å². The summed E-state index contributed by atoms with van der Waals surface area (Å²) in [6.07, 6.45) is 2.35. The van der Waals surface area contributed by atoms with Crippen molar-refractivity contribution in [3.05, 3.63) is 0 Å². The standard InChI is InChI=1S/C7H14Br2/c1-4-7(9,5-2)6(3)8/h6H,4-5H2,1-3H3. The lowest BCUT2D eigenvalue weighted by atomic mass is 10.0. The fraction of sp³-hybridized carbons (Fsp3) is 1.00. The molecule has 0 aromatic rings. The summed E-state index contributed by atoms with van der Waals surface area (Å²) in [5, 5.41) is 0. The first-order chi connectivity index (χ1) is 4.06. The topological polar surface area (TPSA) is 0 Å². The number of halogens is 2. The van der Waals surface area contributed by atoms with Crippen LogP contribution in [0.4, 0.5) is 0 Å². The average Bonchev–Trinajstić information content (AvgIpc) is 1.86. The molecule has 0 aromatic heterocycles. The Kier molecular flexibility index (Phi) is 4.39. The first-order valence-electron chi connectivity index (χ1n) is 3.39. The highest BCUT2D eigenvalue weighted by atomic mass is 79.9. The Morgan fingerprint density at radius 1 is 1.33 bits per heavy atom. The summed E-state index contributed by atoms with van der Waals surface area (Å²) in [5.74, 6) is 0. The second kappa shape index (κ2) is 3.97. The SMILES string of the molecule is CCC(Br)(CC)C(C)Br. The van der Waals surface area contributed by atoms with Crippen LogP contribution in [0.2, 0.25) is 0 Å². The van der Waals surface area contributed by atoms with E-state index in [0.717, 1.165) is 0 Å². The minimum Gasteiger partial charge on any atom is -0.0878 e. The van der Waals surface area contributed by atoms with Gasteiger partial charge in [-0.25, -0.2) is 0 Å². The van der Waals surface area contributed by atoms with Crippen LogP contribution in [0.3, 0.4) is 0 Å². The van der Waals surface area contributed by atoms with Crippen molar-refractivity contribution in [2.24, 2.45) is 0 Å². The van der Waals surface area contributed by atoms with Gasteiger partial charge < -0.3 is 0 Å².